The third kappa shape index (κ3) is 3.45. The molecule has 0 aliphatic heterocycles. The third-order valence-corrected chi connectivity index (χ3v) is 7.02. The van der Waals surface area contributed by atoms with Gasteiger partial charge in [0, 0.05) is 23.4 Å². The van der Waals surface area contributed by atoms with Crippen LogP contribution < -0.4 is 4.57 Å². The minimum absolute atomic E-state index is 0.401. The van der Waals surface area contributed by atoms with Gasteiger partial charge in [0.25, 0.3) is 5.82 Å². The molecule has 0 aliphatic rings. The molecule has 1 aromatic heterocycles. The molecule has 5 aromatic rings. The van der Waals surface area contributed by atoms with Crippen molar-refractivity contribution in [1.29, 1.82) is 0 Å². The number of hydrogen-bond donors (Lipinski definition) is 0. The van der Waals surface area contributed by atoms with Crippen molar-refractivity contribution in [2.75, 3.05) is 0 Å². The lowest BCUT2D eigenvalue weighted by atomic mass is 9.88. The van der Waals surface area contributed by atoms with Gasteiger partial charge in [-0.25, -0.2) is 4.57 Å². The van der Waals surface area contributed by atoms with Gasteiger partial charge in [0.15, 0.2) is 11.0 Å². The highest BCUT2D eigenvalue weighted by Gasteiger charge is 2.29. The molecule has 4 aromatic carbocycles. The number of nitrogens with zero attached hydrogens (tertiary/aromatic N) is 2. The van der Waals surface area contributed by atoms with E-state index < -0.39 is 0 Å². The Morgan fingerprint density at radius 2 is 1.30 bits per heavy atom. The zero-order valence-electron chi connectivity index (χ0n) is 20.6. The van der Waals surface area contributed by atoms with Gasteiger partial charge in [-0.2, -0.15) is 4.57 Å². The maximum Gasteiger partial charge on any atom is 0.259 e. The zero-order valence-corrected chi connectivity index (χ0v) is 20.6. The number of rotatable bonds is 4. The third-order valence-electron chi connectivity index (χ3n) is 7.02. The highest BCUT2D eigenvalue weighted by atomic mass is 15.2. The zero-order chi connectivity index (χ0) is 23.3. The lowest BCUT2D eigenvalue weighted by Gasteiger charge is -2.20. The Labute approximate surface area is 197 Å². The van der Waals surface area contributed by atoms with E-state index in [4.69, 9.17) is 0 Å². The summed E-state index contributed by atoms with van der Waals surface area (Å²) in [5, 5.41) is 2.58. The van der Waals surface area contributed by atoms with Gasteiger partial charge in [-0.05, 0) is 58.7 Å². The highest BCUT2D eigenvalue weighted by Crippen LogP contribution is 2.36. The monoisotopic (exact) mass is 433 g/mol. The predicted octanol–water partition coefficient (Wildman–Crippen LogP) is 7.83. The van der Waals surface area contributed by atoms with Gasteiger partial charge in [0.2, 0.25) is 0 Å². The molecule has 0 aliphatic carbocycles. The standard InChI is InChI=1S/C31H33N2/c1-20(2)27-18-25(23-12-8-7-9-13-23)19-28(21(3)4)30(27)33-22(5)32(6)29-17-16-24-14-10-11-15-26(24)31(29)33/h7-21H,1-6H3/q+1. The largest absolute Gasteiger partial charge is 0.259 e. The van der Waals surface area contributed by atoms with E-state index in [2.05, 4.69) is 130 Å². The van der Waals surface area contributed by atoms with Crippen molar-refractivity contribution in [1.82, 2.24) is 4.57 Å². The van der Waals surface area contributed by atoms with Crippen LogP contribution in [0.15, 0.2) is 78.9 Å². The summed E-state index contributed by atoms with van der Waals surface area (Å²) in [7, 11) is 2.19. The number of imidazole rings is 1. The van der Waals surface area contributed by atoms with Crippen molar-refractivity contribution in [3.8, 4) is 16.8 Å². The van der Waals surface area contributed by atoms with Crippen LogP contribution >= 0.6 is 0 Å². The normalized spacial score (nSPS) is 11.9. The van der Waals surface area contributed by atoms with Crippen LogP contribution in [0.5, 0.6) is 0 Å². The van der Waals surface area contributed by atoms with E-state index in [1.54, 1.807) is 0 Å². The Hall–Kier alpha value is -3.39. The summed E-state index contributed by atoms with van der Waals surface area (Å²) in [6.07, 6.45) is 0. The van der Waals surface area contributed by atoms with Gasteiger partial charge in [-0.15, -0.1) is 0 Å². The Bertz CT molecular complexity index is 1440. The summed E-state index contributed by atoms with van der Waals surface area (Å²) >= 11 is 0. The SMILES string of the molecule is Cc1n(C)c2ccc3ccccc3c2[n+]1-c1c(C(C)C)cc(-c2ccccc2)cc1C(C)C. The van der Waals surface area contributed by atoms with Crippen LogP contribution in [0.25, 0.3) is 38.6 Å². The summed E-state index contributed by atoms with van der Waals surface area (Å²) in [5.41, 5.74) is 9.28. The van der Waals surface area contributed by atoms with Crippen LogP contribution in [0.4, 0.5) is 0 Å². The number of benzene rings is 4. The number of aromatic nitrogens is 2. The molecule has 166 valence electrons. The molecule has 0 bridgehead atoms. The van der Waals surface area contributed by atoms with E-state index in [0.29, 0.717) is 11.8 Å². The molecule has 0 spiro atoms. The fourth-order valence-electron chi connectivity index (χ4n) is 5.12. The maximum atomic E-state index is 2.52. The molecule has 0 fully saturated rings. The molecule has 0 N–H and O–H groups in total. The van der Waals surface area contributed by atoms with Crippen LogP contribution in [0.2, 0.25) is 0 Å². The van der Waals surface area contributed by atoms with E-state index in [1.165, 1.54) is 55.6 Å². The number of aryl methyl sites for hydroxylation is 1. The Balaban J connectivity index is 1.94. The molecule has 0 saturated carbocycles. The molecule has 0 unspecified atom stereocenters. The van der Waals surface area contributed by atoms with Crippen molar-refractivity contribution in [3.05, 3.63) is 95.8 Å². The number of hydrogen-bond acceptors (Lipinski definition) is 0. The molecule has 2 heteroatoms. The van der Waals surface area contributed by atoms with Crippen LogP contribution in [0.1, 0.15) is 56.5 Å². The first-order valence-corrected chi connectivity index (χ1v) is 12.0. The second kappa shape index (κ2) is 8.19. The topological polar surface area (TPSA) is 8.81 Å². The van der Waals surface area contributed by atoms with Crippen LogP contribution in [0, 0.1) is 6.92 Å². The van der Waals surface area contributed by atoms with Gasteiger partial charge in [0.1, 0.15) is 5.69 Å². The van der Waals surface area contributed by atoms with Crippen molar-refractivity contribution in [3.63, 3.8) is 0 Å². The first kappa shape index (κ1) is 21.5. The van der Waals surface area contributed by atoms with Crippen molar-refractivity contribution in [2.45, 2.75) is 46.5 Å². The van der Waals surface area contributed by atoms with E-state index in [9.17, 15) is 0 Å². The van der Waals surface area contributed by atoms with Gasteiger partial charge in [0.05, 0.1) is 7.05 Å². The summed E-state index contributed by atoms with van der Waals surface area (Å²) in [4.78, 5) is 0. The van der Waals surface area contributed by atoms with Gasteiger partial charge >= 0.3 is 0 Å². The molecule has 0 saturated heterocycles. The molecule has 33 heavy (non-hydrogen) atoms. The van der Waals surface area contributed by atoms with E-state index in [0.717, 1.165) is 0 Å². The number of fused-ring (bicyclic) bond motifs is 3. The minimum Gasteiger partial charge on any atom is -0.230 e. The van der Waals surface area contributed by atoms with Gasteiger partial charge in [-0.1, -0.05) is 76.2 Å². The first-order valence-electron chi connectivity index (χ1n) is 12.0. The Morgan fingerprint density at radius 3 is 1.94 bits per heavy atom. The van der Waals surface area contributed by atoms with Gasteiger partial charge in [-0.3, -0.25) is 0 Å². The Kier molecular flexibility index (Phi) is 5.32. The second-order valence-corrected chi connectivity index (χ2v) is 9.77. The molecule has 2 nitrogen and oxygen atoms in total. The molecule has 0 amide bonds. The average Bonchev–Trinajstić information content (AvgIpc) is 3.08. The van der Waals surface area contributed by atoms with Crippen molar-refractivity contribution in [2.24, 2.45) is 7.05 Å². The van der Waals surface area contributed by atoms with Crippen molar-refractivity contribution >= 4 is 21.8 Å². The molecule has 5 rings (SSSR count). The van der Waals surface area contributed by atoms with Crippen LogP contribution in [0.3, 0.4) is 0 Å². The van der Waals surface area contributed by atoms with Crippen LogP contribution in [-0.2, 0) is 7.05 Å². The lowest BCUT2D eigenvalue weighted by molar-refractivity contribution is -0.576. The Morgan fingerprint density at radius 1 is 0.697 bits per heavy atom. The summed E-state index contributed by atoms with van der Waals surface area (Å²) < 4.78 is 4.86. The first-order chi connectivity index (χ1) is 15.9. The summed E-state index contributed by atoms with van der Waals surface area (Å²) in [6, 6.07) is 28.9. The fourth-order valence-corrected chi connectivity index (χ4v) is 5.12. The summed E-state index contributed by atoms with van der Waals surface area (Å²) in [6.45, 7) is 11.5. The van der Waals surface area contributed by atoms with E-state index in [1.807, 2.05) is 0 Å². The molecular formula is C31H33N2+. The van der Waals surface area contributed by atoms with E-state index >= 15 is 0 Å². The van der Waals surface area contributed by atoms with E-state index in [-0.39, 0.29) is 0 Å². The molecule has 1 heterocycles. The fraction of sp³-hybridized carbons (Fsp3) is 0.258. The average molecular weight is 434 g/mol. The summed E-state index contributed by atoms with van der Waals surface area (Å²) in [5.74, 6) is 2.05. The molecule has 0 atom stereocenters. The lowest BCUT2D eigenvalue weighted by Crippen LogP contribution is -2.37. The maximum absolute atomic E-state index is 2.52. The van der Waals surface area contributed by atoms with Gasteiger partial charge < -0.3 is 0 Å². The van der Waals surface area contributed by atoms with Crippen molar-refractivity contribution < 1.29 is 4.57 Å². The smallest absolute Gasteiger partial charge is 0.230 e. The highest BCUT2D eigenvalue weighted by molar-refractivity contribution is 6.02. The predicted molar refractivity (Wildman–Crippen MR) is 140 cm³/mol. The minimum atomic E-state index is 0.401. The quantitative estimate of drug-likeness (QED) is 0.255. The molecule has 0 radical (unpaired) electrons. The molecular weight excluding hydrogens is 400 g/mol. The van der Waals surface area contributed by atoms with Crippen LogP contribution in [-0.4, -0.2) is 4.57 Å². The second-order valence-electron chi connectivity index (χ2n) is 9.77.